The predicted molar refractivity (Wildman–Crippen MR) is 62.1 cm³/mol. The second kappa shape index (κ2) is 4.35. The first-order chi connectivity index (χ1) is 8.34. The Bertz CT molecular complexity index is 430. The number of nitrogens with one attached hydrogen (secondary N) is 2. The molecule has 1 saturated heterocycles. The van der Waals surface area contributed by atoms with E-state index in [4.69, 9.17) is 9.47 Å². The van der Waals surface area contributed by atoms with Crippen molar-refractivity contribution < 1.29 is 14.3 Å². The monoisotopic (exact) mass is 234 g/mol. The topological polar surface area (TPSA) is 59.6 Å². The molecule has 1 amide bonds. The Labute approximate surface area is 99.1 Å². The van der Waals surface area contributed by atoms with Gasteiger partial charge in [-0.15, -0.1) is 0 Å². The lowest BCUT2D eigenvalue weighted by atomic mass is 10.1. The van der Waals surface area contributed by atoms with Gasteiger partial charge in [0.15, 0.2) is 6.10 Å². The summed E-state index contributed by atoms with van der Waals surface area (Å²) < 4.78 is 11.1. The second-order valence-corrected chi connectivity index (χ2v) is 4.16. The summed E-state index contributed by atoms with van der Waals surface area (Å²) in [6.07, 6.45) is -0.523. The Morgan fingerprint density at radius 1 is 1.29 bits per heavy atom. The minimum atomic E-state index is -0.523. The van der Waals surface area contributed by atoms with Gasteiger partial charge in [0.1, 0.15) is 5.75 Å². The normalized spacial score (nSPS) is 27.9. The van der Waals surface area contributed by atoms with Crippen LogP contribution < -0.4 is 15.4 Å². The van der Waals surface area contributed by atoms with Gasteiger partial charge in [0.2, 0.25) is 0 Å². The molecule has 1 aromatic rings. The van der Waals surface area contributed by atoms with E-state index in [1.54, 1.807) is 0 Å². The lowest BCUT2D eigenvalue weighted by Gasteiger charge is -2.33. The van der Waals surface area contributed by atoms with Gasteiger partial charge in [0.25, 0.3) is 5.91 Å². The van der Waals surface area contributed by atoms with Gasteiger partial charge in [0.05, 0.1) is 24.9 Å². The highest BCUT2D eigenvalue weighted by molar-refractivity contribution is 5.98. The Morgan fingerprint density at radius 3 is 3.00 bits per heavy atom. The first-order valence-corrected chi connectivity index (χ1v) is 5.72. The molecule has 0 radical (unpaired) electrons. The number of ether oxygens (including phenoxy) is 2. The van der Waals surface area contributed by atoms with E-state index in [-0.39, 0.29) is 11.9 Å². The minimum absolute atomic E-state index is 0.0860. The number of carbonyl (C=O) groups is 1. The molecule has 2 atom stereocenters. The molecular formula is C12H14N2O3. The van der Waals surface area contributed by atoms with Gasteiger partial charge in [0, 0.05) is 6.54 Å². The SMILES string of the molecule is O=C1Nc2ccccc2OC1C1COCCN1. The smallest absolute Gasteiger partial charge is 0.267 e. The van der Waals surface area contributed by atoms with E-state index < -0.39 is 6.10 Å². The van der Waals surface area contributed by atoms with Crippen molar-refractivity contribution in [2.45, 2.75) is 12.1 Å². The molecule has 0 aromatic heterocycles. The number of carbonyl (C=O) groups excluding carboxylic acids is 1. The molecule has 2 heterocycles. The van der Waals surface area contributed by atoms with E-state index in [0.717, 1.165) is 12.2 Å². The Morgan fingerprint density at radius 2 is 2.18 bits per heavy atom. The summed E-state index contributed by atoms with van der Waals surface area (Å²) >= 11 is 0. The van der Waals surface area contributed by atoms with Crippen LogP contribution >= 0.6 is 0 Å². The fourth-order valence-electron chi connectivity index (χ4n) is 2.11. The Hall–Kier alpha value is -1.59. The van der Waals surface area contributed by atoms with Crippen LogP contribution in [-0.2, 0) is 9.53 Å². The van der Waals surface area contributed by atoms with Crippen molar-refractivity contribution in [3.05, 3.63) is 24.3 Å². The second-order valence-electron chi connectivity index (χ2n) is 4.16. The number of hydrogen-bond donors (Lipinski definition) is 2. The van der Waals surface area contributed by atoms with Crippen LogP contribution in [0.15, 0.2) is 24.3 Å². The summed E-state index contributed by atoms with van der Waals surface area (Å²) in [4.78, 5) is 11.9. The molecule has 2 aliphatic heterocycles. The molecule has 5 heteroatoms. The molecule has 1 aromatic carbocycles. The molecular weight excluding hydrogens is 220 g/mol. The molecule has 1 fully saturated rings. The molecule has 2 unspecified atom stereocenters. The summed E-state index contributed by atoms with van der Waals surface area (Å²) in [7, 11) is 0. The summed E-state index contributed by atoms with van der Waals surface area (Å²) in [5.41, 5.74) is 0.727. The van der Waals surface area contributed by atoms with E-state index in [9.17, 15) is 4.79 Å². The average Bonchev–Trinajstić information content (AvgIpc) is 2.39. The van der Waals surface area contributed by atoms with Crippen LogP contribution in [0.3, 0.4) is 0 Å². The van der Waals surface area contributed by atoms with E-state index in [2.05, 4.69) is 10.6 Å². The summed E-state index contributed by atoms with van der Waals surface area (Å²) in [6.45, 7) is 1.93. The third kappa shape index (κ3) is 1.99. The largest absolute Gasteiger partial charge is 0.477 e. The zero-order valence-corrected chi connectivity index (χ0v) is 9.31. The Balaban J connectivity index is 1.81. The summed E-state index contributed by atoms with van der Waals surface area (Å²) in [5, 5.41) is 6.09. The maximum atomic E-state index is 11.9. The van der Waals surface area contributed by atoms with Gasteiger partial charge < -0.3 is 20.1 Å². The molecule has 0 bridgehead atoms. The van der Waals surface area contributed by atoms with Crippen LogP contribution in [0.4, 0.5) is 5.69 Å². The predicted octanol–water partition coefficient (Wildman–Crippen LogP) is 0.374. The number of amides is 1. The van der Waals surface area contributed by atoms with Crippen LogP contribution in [0.25, 0.3) is 0 Å². The van der Waals surface area contributed by atoms with Gasteiger partial charge in [-0.25, -0.2) is 0 Å². The lowest BCUT2D eigenvalue weighted by Crippen LogP contribution is -2.56. The highest BCUT2D eigenvalue weighted by Crippen LogP contribution is 2.29. The number of benzene rings is 1. The van der Waals surface area contributed by atoms with E-state index in [1.165, 1.54) is 0 Å². The summed E-state index contributed by atoms with van der Waals surface area (Å²) in [6, 6.07) is 7.35. The van der Waals surface area contributed by atoms with Crippen LogP contribution in [0, 0.1) is 0 Å². The van der Waals surface area contributed by atoms with Gasteiger partial charge in [-0.2, -0.15) is 0 Å². The fraction of sp³-hybridized carbons (Fsp3) is 0.417. The molecule has 90 valence electrons. The molecule has 0 aliphatic carbocycles. The van der Waals surface area contributed by atoms with Gasteiger partial charge in [-0.05, 0) is 12.1 Å². The van der Waals surface area contributed by atoms with Gasteiger partial charge in [-0.1, -0.05) is 12.1 Å². The number of fused-ring (bicyclic) bond motifs is 1. The van der Waals surface area contributed by atoms with Gasteiger partial charge in [-0.3, -0.25) is 4.79 Å². The number of rotatable bonds is 1. The minimum Gasteiger partial charge on any atom is -0.477 e. The van der Waals surface area contributed by atoms with Crippen molar-refractivity contribution >= 4 is 11.6 Å². The third-order valence-corrected chi connectivity index (χ3v) is 2.97. The molecule has 5 nitrogen and oxygen atoms in total. The molecule has 3 rings (SSSR count). The number of anilines is 1. The first kappa shape index (κ1) is 10.6. The van der Waals surface area contributed by atoms with Crippen molar-refractivity contribution in [2.24, 2.45) is 0 Å². The van der Waals surface area contributed by atoms with Gasteiger partial charge >= 0.3 is 0 Å². The average molecular weight is 234 g/mol. The Kier molecular flexibility index (Phi) is 2.70. The van der Waals surface area contributed by atoms with Crippen LogP contribution in [-0.4, -0.2) is 37.8 Å². The highest BCUT2D eigenvalue weighted by atomic mass is 16.5. The van der Waals surface area contributed by atoms with E-state index in [0.29, 0.717) is 19.0 Å². The van der Waals surface area contributed by atoms with E-state index >= 15 is 0 Å². The van der Waals surface area contributed by atoms with Crippen molar-refractivity contribution in [1.29, 1.82) is 0 Å². The number of para-hydroxylation sites is 2. The first-order valence-electron chi connectivity index (χ1n) is 5.72. The fourth-order valence-corrected chi connectivity index (χ4v) is 2.11. The molecule has 17 heavy (non-hydrogen) atoms. The van der Waals surface area contributed by atoms with Crippen molar-refractivity contribution in [3.63, 3.8) is 0 Å². The standard InChI is InChI=1S/C12H14N2O3/c15-12-11(9-7-16-6-5-13-9)17-10-4-2-1-3-8(10)14-12/h1-4,9,11,13H,5-7H2,(H,14,15). The third-order valence-electron chi connectivity index (χ3n) is 2.97. The van der Waals surface area contributed by atoms with Crippen molar-refractivity contribution in [2.75, 3.05) is 25.1 Å². The van der Waals surface area contributed by atoms with Crippen LogP contribution in [0.2, 0.25) is 0 Å². The van der Waals surface area contributed by atoms with E-state index in [1.807, 2.05) is 24.3 Å². The maximum Gasteiger partial charge on any atom is 0.267 e. The molecule has 0 spiro atoms. The zero-order chi connectivity index (χ0) is 11.7. The number of hydrogen-bond acceptors (Lipinski definition) is 4. The molecule has 2 N–H and O–H groups in total. The maximum absolute atomic E-state index is 11.9. The number of morpholine rings is 1. The quantitative estimate of drug-likeness (QED) is 0.737. The van der Waals surface area contributed by atoms with Crippen LogP contribution in [0.1, 0.15) is 0 Å². The molecule has 2 aliphatic rings. The molecule has 0 saturated carbocycles. The van der Waals surface area contributed by atoms with Crippen molar-refractivity contribution in [3.8, 4) is 5.75 Å². The lowest BCUT2D eigenvalue weighted by molar-refractivity contribution is -0.126. The highest BCUT2D eigenvalue weighted by Gasteiger charge is 2.35. The van der Waals surface area contributed by atoms with Crippen LogP contribution in [0.5, 0.6) is 5.75 Å². The zero-order valence-electron chi connectivity index (χ0n) is 9.31. The summed E-state index contributed by atoms with van der Waals surface area (Å²) in [5.74, 6) is 0.594. The van der Waals surface area contributed by atoms with Crippen molar-refractivity contribution in [1.82, 2.24) is 5.32 Å².